The predicted molar refractivity (Wildman–Crippen MR) is 87.1 cm³/mol. The summed E-state index contributed by atoms with van der Waals surface area (Å²) >= 11 is 0. The summed E-state index contributed by atoms with van der Waals surface area (Å²) in [5, 5.41) is 3.21. The molecule has 2 rings (SSSR count). The standard InChI is InChI=1S/C18H28N2O/c1-2-14(11-12-19)7-10-18(21)20-17-9-8-15-5-3-4-6-16(15)13-17/h3-6,14,17H,2,7-13,19H2,1H3,(H,20,21). The van der Waals surface area contributed by atoms with E-state index in [-0.39, 0.29) is 5.91 Å². The monoisotopic (exact) mass is 288 g/mol. The zero-order valence-corrected chi connectivity index (χ0v) is 13.1. The molecule has 3 nitrogen and oxygen atoms in total. The third kappa shape index (κ3) is 4.85. The molecule has 2 atom stereocenters. The molecule has 116 valence electrons. The van der Waals surface area contributed by atoms with E-state index >= 15 is 0 Å². The molecule has 0 radical (unpaired) electrons. The van der Waals surface area contributed by atoms with Gasteiger partial charge in [0.05, 0.1) is 0 Å². The minimum absolute atomic E-state index is 0.204. The highest BCUT2D eigenvalue weighted by Crippen LogP contribution is 2.21. The summed E-state index contributed by atoms with van der Waals surface area (Å²) < 4.78 is 0. The second kappa shape index (κ2) is 8.18. The van der Waals surface area contributed by atoms with Gasteiger partial charge < -0.3 is 11.1 Å². The zero-order valence-electron chi connectivity index (χ0n) is 13.1. The van der Waals surface area contributed by atoms with Gasteiger partial charge in [0.15, 0.2) is 0 Å². The van der Waals surface area contributed by atoms with Crippen molar-refractivity contribution in [2.45, 2.75) is 57.9 Å². The maximum absolute atomic E-state index is 12.1. The third-order valence-corrected chi connectivity index (χ3v) is 4.64. The fourth-order valence-electron chi connectivity index (χ4n) is 3.24. The van der Waals surface area contributed by atoms with Gasteiger partial charge in [0.1, 0.15) is 0 Å². The second-order valence-electron chi connectivity index (χ2n) is 6.17. The van der Waals surface area contributed by atoms with Gasteiger partial charge in [-0.05, 0) is 55.7 Å². The Hall–Kier alpha value is -1.35. The van der Waals surface area contributed by atoms with Gasteiger partial charge in [-0.25, -0.2) is 0 Å². The number of nitrogens with one attached hydrogen (secondary N) is 1. The molecule has 0 heterocycles. The summed E-state index contributed by atoms with van der Waals surface area (Å²) in [4.78, 5) is 12.1. The van der Waals surface area contributed by atoms with Crippen LogP contribution in [0.5, 0.6) is 0 Å². The van der Waals surface area contributed by atoms with Crippen LogP contribution in [0, 0.1) is 5.92 Å². The number of rotatable bonds is 7. The number of fused-ring (bicyclic) bond motifs is 1. The smallest absolute Gasteiger partial charge is 0.220 e. The molecule has 2 unspecified atom stereocenters. The minimum atomic E-state index is 0.204. The molecule has 21 heavy (non-hydrogen) atoms. The number of hydrogen-bond acceptors (Lipinski definition) is 2. The van der Waals surface area contributed by atoms with Crippen molar-refractivity contribution in [3.63, 3.8) is 0 Å². The van der Waals surface area contributed by atoms with Crippen LogP contribution in [0.15, 0.2) is 24.3 Å². The third-order valence-electron chi connectivity index (χ3n) is 4.64. The summed E-state index contributed by atoms with van der Waals surface area (Å²) in [7, 11) is 0. The summed E-state index contributed by atoms with van der Waals surface area (Å²) in [6.07, 6.45) is 6.85. The van der Waals surface area contributed by atoms with Gasteiger partial charge in [0.2, 0.25) is 5.91 Å². The predicted octanol–water partition coefficient (Wildman–Crippen LogP) is 2.82. The van der Waals surface area contributed by atoms with Crippen LogP contribution in [0.1, 0.15) is 50.2 Å². The SMILES string of the molecule is CCC(CCN)CCC(=O)NC1CCc2ccccc2C1. The van der Waals surface area contributed by atoms with Crippen molar-refractivity contribution in [2.75, 3.05) is 6.54 Å². The van der Waals surface area contributed by atoms with E-state index in [1.807, 2.05) is 0 Å². The Morgan fingerprint density at radius 3 is 2.81 bits per heavy atom. The van der Waals surface area contributed by atoms with E-state index in [2.05, 4.69) is 36.5 Å². The van der Waals surface area contributed by atoms with Crippen LogP contribution in [-0.2, 0) is 17.6 Å². The second-order valence-corrected chi connectivity index (χ2v) is 6.17. The van der Waals surface area contributed by atoms with Crippen molar-refractivity contribution in [3.05, 3.63) is 35.4 Å². The fourth-order valence-corrected chi connectivity index (χ4v) is 3.24. The average molecular weight is 288 g/mol. The Morgan fingerprint density at radius 2 is 2.10 bits per heavy atom. The first-order chi connectivity index (χ1) is 10.2. The van der Waals surface area contributed by atoms with Crippen LogP contribution in [0.4, 0.5) is 0 Å². The quantitative estimate of drug-likeness (QED) is 0.810. The van der Waals surface area contributed by atoms with Crippen LogP contribution >= 0.6 is 0 Å². The average Bonchev–Trinajstić information content (AvgIpc) is 2.51. The number of hydrogen-bond donors (Lipinski definition) is 2. The molecule has 1 aliphatic rings. The summed E-state index contributed by atoms with van der Waals surface area (Å²) in [6, 6.07) is 8.87. The first kappa shape index (κ1) is 16.0. The lowest BCUT2D eigenvalue weighted by Gasteiger charge is -2.25. The largest absolute Gasteiger partial charge is 0.353 e. The zero-order chi connectivity index (χ0) is 15.1. The molecule has 1 aliphatic carbocycles. The molecule has 1 aromatic carbocycles. The van der Waals surface area contributed by atoms with Crippen molar-refractivity contribution in [1.82, 2.24) is 5.32 Å². The van der Waals surface area contributed by atoms with Gasteiger partial charge in [0.25, 0.3) is 0 Å². The number of benzene rings is 1. The van der Waals surface area contributed by atoms with Crippen molar-refractivity contribution in [2.24, 2.45) is 11.7 Å². The number of amides is 1. The fraction of sp³-hybridized carbons (Fsp3) is 0.611. The van der Waals surface area contributed by atoms with Crippen molar-refractivity contribution < 1.29 is 4.79 Å². The van der Waals surface area contributed by atoms with Crippen molar-refractivity contribution in [1.29, 1.82) is 0 Å². The molecule has 0 fully saturated rings. The molecule has 0 aliphatic heterocycles. The topological polar surface area (TPSA) is 55.1 Å². The maximum Gasteiger partial charge on any atom is 0.220 e. The molecule has 3 N–H and O–H groups in total. The van der Waals surface area contributed by atoms with E-state index in [4.69, 9.17) is 5.73 Å². The van der Waals surface area contributed by atoms with Crippen LogP contribution in [0.25, 0.3) is 0 Å². The highest BCUT2D eigenvalue weighted by molar-refractivity contribution is 5.76. The van der Waals surface area contributed by atoms with Crippen molar-refractivity contribution in [3.8, 4) is 0 Å². The van der Waals surface area contributed by atoms with Crippen LogP contribution in [-0.4, -0.2) is 18.5 Å². The van der Waals surface area contributed by atoms with Crippen molar-refractivity contribution >= 4 is 5.91 Å². The summed E-state index contributed by atoms with van der Waals surface area (Å²) in [5.41, 5.74) is 8.44. The lowest BCUT2D eigenvalue weighted by Crippen LogP contribution is -2.38. The Labute approximate surface area is 128 Å². The molecule has 0 saturated heterocycles. The first-order valence-corrected chi connectivity index (χ1v) is 8.29. The van der Waals surface area contributed by atoms with E-state index in [1.165, 1.54) is 11.1 Å². The molecule has 0 aromatic heterocycles. The highest BCUT2D eigenvalue weighted by Gasteiger charge is 2.20. The maximum atomic E-state index is 12.1. The number of carbonyl (C=O) groups excluding carboxylic acids is 1. The van der Waals surface area contributed by atoms with Gasteiger partial charge >= 0.3 is 0 Å². The van der Waals surface area contributed by atoms with E-state index in [1.54, 1.807) is 0 Å². The first-order valence-electron chi connectivity index (χ1n) is 8.29. The summed E-state index contributed by atoms with van der Waals surface area (Å²) in [6.45, 7) is 2.90. The molecule has 0 saturated carbocycles. The Bertz CT molecular complexity index is 458. The van der Waals surface area contributed by atoms with Crippen LogP contribution in [0.3, 0.4) is 0 Å². The summed E-state index contributed by atoms with van der Waals surface area (Å²) in [5.74, 6) is 0.794. The number of aryl methyl sites for hydroxylation is 1. The van der Waals surface area contributed by atoms with Crippen LogP contribution < -0.4 is 11.1 Å². The lowest BCUT2D eigenvalue weighted by molar-refractivity contribution is -0.122. The molecule has 1 amide bonds. The van der Waals surface area contributed by atoms with Gasteiger partial charge in [-0.2, -0.15) is 0 Å². The van der Waals surface area contributed by atoms with E-state index in [9.17, 15) is 4.79 Å². The molecular weight excluding hydrogens is 260 g/mol. The van der Waals surface area contributed by atoms with Gasteiger partial charge in [-0.15, -0.1) is 0 Å². The minimum Gasteiger partial charge on any atom is -0.353 e. The van der Waals surface area contributed by atoms with E-state index in [0.717, 1.165) is 45.1 Å². The number of nitrogens with two attached hydrogens (primary N) is 1. The molecular formula is C18H28N2O. The van der Waals surface area contributed by atoms with Gasteiger partial charge in [-0.3, -0.25) is 4.79 Å². The van der Waals surface area contributed by atoms with Gasteiger partial charge in [-0.1, -0.05) is 37.6 Å². The highest BCUT2D eigenvalue weighted by atomic mass is 16.1. The van der Waals surface area contributed by atoms with Crippen LogP contribution in [0.2, 0.25) is 0 Å². The Kier molecular flexibility index (Phi) is 6.24. The molecule has 0 bridgehead atoms. The van der Waals surface area contributed by atoms with Gasteiger partial charge in [0, 0.05) is 12.5 Å². The van der Waals surface area contributed by atoms with E-state index < -0.39 is 0 Å². The van der Waals surface area contributed by atoms with E-state index in [0.29, 0.717) is 18.4 Å². The molecule has 1 aromatic rings. The Balaban J connectivity index is 1.76. The molecule has 0 spiro atoms. The lowest BCUT2D eigenvalue weighted by atomic mass is 9.88. The molecule has 3 heteroatoms. The normalized spacial score (nSPS) is 18.9. The Morgan fingerprint density at radius 1 is 1.33 bits per heavy atom. The number of carbonyl (C=O) groups is 1.